The summed E-state index contributed by atoms with van der Waals surface area (Å²) in [7, 11) is -6.96. The molecule has 2 heterocycles. The lowest BCUT2D eigenvalue weighted by molar-refractivity contribution is 0.462. The van der Waals surface area contributed by atoms with Crippen molar-refractivity contribution in [1.29, 1.82) is 0 Å². The van der Waals surface area contributed by atoms with Crippen molar-refractivity contribution in [3.63, 3.8) is 0 Å². The Morgan fingerprint density at radius 1 is 1.50 bits per heavy atom. The Morgan fingerprint density at radius 2 is 2.15 bits per heavy atom. The molecule has 1 aliphatic heterocycles. The Balaban J connectivity index is 2.25. The first-order chi connectivity index (χ1) is 9.03. The van der Waals surface area contributed by atoms with Crippen molar-refractivity contribution in [2.45, 2.75) is 23.1 Å². The molecule has 1 saturated heterocycles. The van der Waals surface area contributed by atoms with Crippen LogP contribution in [0.5, 0.6) is 0 Å². The van der Waals surface area contributed by atoms with Gasteiger partial charge in [0.25, 0.3) is 10.0 Å². The molecule has 0 aliphatic carbocycles. The molecule has 1 unspecified atom stereocenters. The fraction of sp³-hybridized carbons (Fsp3) is 0.500. The highest BCUT2D eigenvalue weighted by molar-refractivity contribution is 7.92. The first-order valence-corrected chi connectivity index (χ1v) is 10.2. The molecule has 0 spiro atoms. The van der Waals surface area contributed by atoms with Gasteiger partial charge in [-0.3, -0.25) is 0 Å². The van der Waals surface area contributed by atoms with Gasteiger partial charge in [0.15, 0.2) is 9.84 Å². The number of thiophene rings is 1. The molecule has 1 aromatic rings. The van der Waals surface area contributed by atoms with Gasteiger partial charge in [-0.1, -0.05) is 12.2 Å². The highest BCUT2D eigenvalue weighted by atomic mass is 32.2. The number of sulfone groups is 1. The number of hydrogen-bond donors (Lipinski definition) is 2. The second kappa shape index (κ2) is 5.02. The van der Waals surface area contributed by atoms with Gasteiger partial charge in [-0.15, -0.1) is 11.3 Å². The lowest BCUT2D eigenvalue weighted by Crippen LogP contribution is -2.46. The molecule has 0 radical (unpaired) electrons. The number of thiocarbonyl (C=S) groups is 1. The van der Waals surface area contributed by atoms with Crippen molar-refractivity contribution < 1.29 is 16.8 Å². The maximum Gasteiger partial charge on any atom is 0.250 e. The number of rotatable bonds is 4. The van der Waals surface area contributed by atoms with E-state index in [0.29, 0.717) is 4.88 Å². The Morgan fingerprint density at radius 3 is 2.60 bits per heavy atom. The van der Waals surface area contributed by atoms with Gasteiger partial charge >= 0.3 is 0 Å². The van der Waals surface area contributed by atoms with Gasteiger partial charge in [0.2, 0.25) is 0 Å². The third kappa shape index (κ3) is 3.37. The maximum atomic E-state index is 12.3. The van der Waals surface area contributed by atoms with Crippen molar-refractivity contribution in [3.05, 3.63) is 17.0 Å². The number of sulfonamides is 1. The minimum atomic E-state index is -3.78. The normalized spacial score (nSPS) is 25.6. The number of nitrogens with two attached hydrogens (primary N) is 1. The summed E-state index contributed by atoms with van der Waals surface area (Å²) in [6.45, 7) is 1.59. The van der Waals surface area contributed by atoms with Crippen LogP contribution < -0.4 is 10.5 Å². The van der Waals surface area contributed by atoms with E-state index >= 15 is 0 Å². The molecule has 0 amide bonds. The molecule has 10 heteroatoms. The summed E-state index contributed by atoms with van der Waals surface area (Å²) in [5.41, 5.74) is 4.48. The maximum absolute atomic E-state index is 12.3. The summed E-state index contributed by atoms with van der Waals surface area (Å²) in [6.07, 6.45) is 0.266. The van der Waals surface area contributed by atoms with Crippen LogP contribution in [0.3, 0.4) is 0 Å². The first-order valence-electron chi connectivity index (χ1n) is 5.67. The molecule has 1 aromatic heterocycles. The molecule has 0 aromatic carbocycles. The summed E-state index contributed by atoms with van der Waals surface area (Å²) < 4.78 is 50.1. The Hall–Kier alpha value is -0.550. The summed E-state index contributed by atoms with van der Waals surface area (Å²) in [4.78, 5) is 0.635. The summed E-state index contributed by atoms with van der Waals surface area (Å²) in [5, 5.41) is 0. The minimum Gasteiger partial charge on any atom is -0.389 e. The topological polar surface area (TPSA) is 106 Å². The van der Waals surface area contributed by atoms with Crippen LogP contribution in [0.4, 0.5) is 0 Å². The van der Waals surface area contributed by atoms with Crippen LogP contribution in [0, 0.1) is 0 Å². The highest BCUT2D eigenvalue weighted by Crippen LogP contribution is 2.27. The van der Waals surface area contributed by atoms with Crippen LogP contribution in [0.15, 0.2) is 16.3 Å². The summed E-state index contributed by atoms with van der Waals surface area (Å²) in [6, 6.07) is 2.95. The van der Waals surface area contributed by atoms with Gasteiger partial charge in [0.05, 0.1) is 16.4 Å². The summed E-state index contributed by atoms with van der Waals surface area (Å²) >= 11 is 5.75. The lowest BCUT2D eigenvalue weighted by atomic mass is 10.0. The van der Waals surface area contributed by atoms with Gasteiger partial charge in [0.1, 0.15) is 9.20 Å². The van der Waals surface area contributed by atoms with Crippen molar-refractivity contribution in [2.24, 2.45) is 5.73 Å². The van der Waals surface area contributed by atoms with Crippen LogP contribution in [-0.2, 0) is 19.9 Å². The Kier molecular flexibility index (Phi) is 3.97. The van der Waals surface area contributed by atoms with Crippen molar-refractivity contribution in [2.75, 3.05) is 11.5 Å². The third-order valence-electron chi connectivity index (χ3n) is 2.97. The predicted molar refractivity (Wildman–Crippen MR) is 82.2 cm³/mol. The van der Waals surface area contributed by atoms with Crippen LogP contribution in [0.25, 0.3) is 0 Å². The lowest BCUT2D eigenvalue weighted by Gasteiger charge is -2.22. The molecule has 6 nitrogen and oxygen atoms in total. The van der Waals surface area contributed by atoms with E-state index in [4.69, 9.17) is 18.0 Å². The van der Waals surface area contributed by atoms with E-state index in [0.717, 1.165) is 11.3 Å². The van der Waals surface area contributed by atoms with Crippen molar-refractivity contribution in [3.8, 4) is 0 Å². The molecule has 1 atom stereocenters. The van der Waals surface area contributed by atoms with E-state index in [1.54, 1.807) is 6.92 Å². The zero-order valence-electron chi connectivity index (χ0n) is 10.6. The monoisotopic (exact) mass is 354 g/mol. The molecule has 1 fully saturated rings. The Labute approximate surface area is 127 Å². The van der Waals surface area contributed by atoms with Gasteiger partial charge < -0.3 is 5.73 Å². The average Bonchev–Trinajstić information content (AvgIpc) is 2.83. The second-order valence-electron chi connectivity index (χ2n) is 4.99. The first kappa shape index (κ1) is 15.8. The second-order valence-corrected chi connectivity index (χ2v) is 10.6. The highest BCUT2D eigenvalue weighted by Gasteiger charge is 2.41. The molecule has 1 aliphatic rings. The Bertz CT molecular complexity index is 750. The molecule has 112 valence electrons. The van der Waals surface area contributed by atoms with E-state index < -0.39 is 25.4 Å². The number of hydrogen-bond acceptors (Lipinski definition) is 6. The van der Waals surface area contributed by atoms with Gasteiger partial charge in [-0.2, -0.15) is 0 Å². The van der Waals surface area contributed by atoms with Crippen LogP contribution in [0.2, 0.25) is 0 Å². The van der Waals surface area contributed by atoms with E-state index in [1.807, 2.05) is 0 Å². The minimum absolute atomic E-state index is 0.00536. The van der Waals surface area contributed by atoms with Gasteiger partial charge in [-0.05, 0) is 25.5 Å². The smallest absolute Gasteiger partial charge is 0.250 e. The molecular weight excluding hydrogens is 340 g/mol. The van der Waals surface area contributed by atoms with E-state index in [1.165, 1.54) is 12.1 Å². The molecular formula is C10H14N2O4S4. The number of nitrogens with one attached hydrogen (secondary N) is 1. The molecule has 0 bridgehead atoms. The molecule has 3 N–H and O–H groups in total. The standard InChI is InChI=1S/C10H14N2O4S4/c1-10(4-5-19(13,14)6-10)12-20(15,16)8-3-2-7(18-8)9(11)17/h2-3,12H,4-6H2,1H3,(H2,11,17). The third-order valence-corrected chi connectivity index (χ3v) is 8.47. The van der Waals surface area contributed by atoms with E-state index in [-0.39, 0.29) is 27.1 Å². The van der Waals surface area contributed by atoms with E-state index in [9.17, 15) is 16.8 Å². The fourth-order valence-corrected chi connectivity index (χ4v) is 7.03. The van der Waals surface area contributed by atoms with Crippen LogP contribution in [0.1, 0.15) is 18.2 Å². The largest absolute Gasteiger partial charge is 0.389 e. The zero-order chi connectivity index (χ0) is 15.2. The van der Waals surface area contributed by atoms with Crippen molar-refractivity contribution >= 4 is 48.4 Å². The van der Waals surface area contributed by atoms with Crippen molar-refractivity contribution in [1.82, 2.24) is 4.72 Å². The fourth-order valence-electron chi connectivity index (χ4n) is 2.06. The van der Waals surface area contributed by atoms with Gasteiger partial charge in [0, 0.05) is 5.54 Å². The SMILES string of the molecule is CC1(NS(=O)(=O)c2ccc(C(N)=S)s2)CCS(=O)(=O)C1. The van der Waals surface area contributed by atoms with Gasteiger partial charge in [-0.25, -0.2) is 21.6 Å². The average molecular weight is 355 g/mol. The molecule has 20 heavy (non-hydrogen) atoms. The quantitative estimate of drug-likeness (QED) is 0.750. The molecule has 2 rings (SSSR count). The van der Waals surface area contributed by atoms with Crippen LogP contribution >= 0.6 is 23.6 Å². The van der Waals surface area contributed by atoms with Crippen LogP contribution in [-0.4, -0.2) is 38.9 Å². The van der Waals surface area contributed by atoms with E-state index in [2.05, 4.69) is 4.72 Å². The summed E-state index contributed by atoms with van der Waals surface area (Å²) in [5.74, 6) is -0.193. The molecule has 0 saturated carbocycles. The predicted octanol–water partition coefficient (Wildman–Crippen LogP) is 0.238. The zero-order valence-corrected chi connectivity index (χ0v) is 13.9.